The van der Waals surface area contributed by atoms with E-state index in [-0.39, 0.29) is 15.4 Å². The fraction of sp³-hybridized carbons (Fsp3) is 0.700. The van der Waals surface area contributed by atoms with E-state index in [2.05, 4.69) is 25.6 Å². The molecule has 0 saturated carbocycles. The van der Waals surface area contributed by atoms with Crippen molar-refractivity contribution in [3.05, 3.63) is 0 Å². The number of aromatic nitrogens is 2. The summed E-state index contributed by atoms with van der Waals surface area (Å²) in [6.07, 6.45) is 2.96. The van der Waals surface area contributed by atoms with Gasteiger partial charge in [-0.15, -0.1) is 10.2 Å². The van der Waals surface area contributed by atoms with E-state index in [1.807, 2.05) is 0 Å². The molecule has 0 bridgehead atoms. The van der Waals surface area contributed by atoms with Crippen LogP contribution in [0.5, 0.6) is 0 Å². The zero-order chi connectivity index (χ0) is 14.6. The highest BCUT2D eigenvalue weighted by molar-refractivity contribution is 7.91. The Morgan fingerprint density at radius 1 is 1.50 bits per heavy atom. The fourth-order valence-corrected chi connectivity index (χ4v) is 3.99. The van der Waals surface area contributed by atoms with Gasteiger partial charge < -0.3 is 10.6 Å². The molecule has 2 rings (SSSR count). The lowest BCUT2D eigenvalue weighted by Gasteiger charge is -2.09. The molecule has 1 amide bonds. The second-order valence-electron chi connectivity index (χ2n) is 4.53. The number of sulfonamides is 1. The van der Waals surface area contributed by atoms with E-state index in [1.54, 1.807) is 0 Å². The van der Waals surface area contributed by atoms with E-state index < -0.39 is 10.0 Å². The van der Waals surface area contributed by atoms with Crippen LogP contribution in [0.4, 0.5) is 5.13 Å². The molecule has 1 saturated heterocycles. The number of amides is 1. The van der Waals surface area contributed by atoms with Crippen LogP contribution in [0, 0.1) is 0 Å². The third kappa shape index (κ3) is 4.20. The highest BCUT2D eigenvalue weighted by atomic mass is 32.2. The van der Waals surface area contributed by atoms with Crippen LogP contribution in [-0.2, 0) is 14.8 Å². The summed E-state index contributed by atoms with van der Waals surface area (Å²) < 4.78 is 26.3. The molecule has 0 unspecified atom stereocenters. The number of hydrogen-bond donors (Lipinski definition) is 3. The Kier molecular flexibility index (Phi) is 5.02. The van der Waals surface area contributed by atoms with Crippen LogP contribution in [0.15, 0.2) is 4.34 Å². The minimum absolute atomic E-state index is 0.138. The SMILES string of the molecule is CC(=O)Nc1nnc(S(=O)(=O)NCC[C@@H]2CCCN2)s1. The van der Waals surface area contributed by atoms with Crippen molar-refractivity contribution in [2.45, 2.75) is 36.6 Å². The van der Waals surface area contributed by atoms with Crippen LogP contribution in [-0.4, -0.2) is 43.7 Å². The van der Waals surface area contributed by atoms with Gasteiger partial charge in [0.25, 0.3) is 10.0 Å². The first-order valence-corrected chi connectivity index (χ1v) is 8.61. The van der Waals surface area contributed by atoms with Crippen LogP contribution < -0.4 is 15.4 Å². The standard InChI is InChI=1S/C10H17N5O3S2/c1-7(16)13-9-14-15-10(19-9)20(17,18)12-6-4-8-3-2-5-11-8/h8,11-12H,2-6H2,1H3,(H,13,14,16)/t8-/m0/s1. The van der Waals surface area contributed by atoms with Crippen molar-refractivity contribution in [1.29, 1.82) is 0 Å². The van der Waals surface area contributed by atoms with Gasteiger partial charge in [0, 0.05) is 19.5 Å². The summed E-state index contributed by atoms with van der Waals surface area (Å²) in [6, 6.07) is 0.377. The van der Waals surface area contributed by atoms with Crippen molar-refractivity contribution in [3.8, 4) is 0 Å². The number of carbonyl (C=O) groups excluding carboxylic acids is 1. The van der Waals surface area contributed by atoms with Crippen molar-refractivity contribution in [2.75, 3.05) is 18.4 Å². The molecule has 8 nitrogen and oxygen atoms in total. The zero-order valence-corrected chi connectivity index (χ0v) is 12.7. The molecule has 0 spiro atoms. The summed E-state index contributed by atoms with van der Waals surface area (Å²) in [7, 11) is -3.65. The maximum Gasteiger partial charge on any atom is 0.269 e. The van der Waals surface area contributed by atoms with Gasteiger partial charge in [0.15, 0.2) is 0 Å². The van der Waals surface area contributed by atoms with E-state index in [0.29, 0.717) is 12.6 Å². The van der Waals surface area contributed by atoms with Crippen LogP contribution in [0.3, 0.4) is 0 Å². The summed E-state index contributed by atoms with van der Waals surface area (Å²) in [5, 5.41) is 13.1. The second-order valence-corrected chi connectivity index (χ2v) is 7.45. The van der Waals surface area contributed by atoms with Crippen molar-refractivity contribution >= 4 is 32.4 Å². The topological polar surface area (TPSA) is 113 Å². The number of hydrogen-bond acceptors (Lipinski definition) is 7. The summed E-state index contributed by atoms with van der Waals surface area (Å²) in [6.45, 7) is 2.67. The second kappa shape index (κ2) is 6.57. The molecule has 3 N–H and O–H groups in total. The quantitative estimate of drug-likeness (QED) is 0.632. The number of carbonyl (C=O) groups is 1. The number of anilines is 1. The maximum atomic E-state index is 12.0. The molecule has 1 atom stereocenters. The monoisotopic (exact) mass is 319 g/mol. The van der Waals surface area contributed by atoms with Gasteiger partial charge in [-0.2, -0.15) is 0 Å². The molecule has 0 aromatic carbocycles. The summed E-state index contributed by atoms with van der Waals surface area (Å²) >= 11 is 0.831. The maximum absolute atomic E-state index is 12.0. The molecule has 1 fully saturated rings. The Morgan fingerprint density at radius 3 is 2.95 bits per heavy atom. The molecule has 0 radical (unpaired) electrons. The van der Waals surface area contributed by atoms with Gasteiger partial charge in [0.2, 0.25) is 15.4 Å². The molecule has 1 aliphatic rings. The van der Waals surface area contributed by atoms with E-state index in [4.69, 9.17) is 0 Å². The predicted octanol–water partition coefficient (Wildman–Crippen LogP) is -0.0831. The molecule has 10 heteroatoms. The smallest absolute Gasteiger partial charge is 0.269 e. The van der Waals surface area contributed by atoms with Crippen molar-refractivity contribution in [2.24, 2.45) is 0 Å². The van der Waals surface area contributed by atoms with Gasteiger partial charge in [-0.1, -0.05) is 11.3 Å². The largest absolute Gasteiger partial charge is 0.314 e. The number of nitrogens with one attached hydrogen (secondary N) is 3. The van der Waals surface area contributed by atoms with E-state index in [1.165, 1.54) is 6.92 Å². The van der Waals surface area contributed by atoms with Crippen molar-refractivity contribution in [1.82, 2.24) is 20.2 Å². The Morgan fingerprint density at radius 2 is 2.30 bits per heavy atom. The normalized spacial score (nSPS) is 19.1. The van der Waals surface area contributed by atoms with Gasteiger partial charge in [-0.25, -0.2) is 13.1 Å². The lowest BCUT2D eigenvalue weighted by molar-refractivity contribution is -0.114. The van der Waals surface area contributed by atoms with Crippen molar-refractivity contribution < 1.29 is 13.2 Å². The van der Waals surface area contributed by atoms with Crippen LogP contribution >= 0.6 is 11.3 Å². The highest BCUT2D eigenvalue weighted by Crippen LogP contribution is 2.19. The summed E-state index contributed by atoms with van der Waals surface area (Å²) in [5.74, 6) is -0.314. The van der Waals surface area contributed by atoms with Gasteiger partial charge in [-0.05, 0) is 25.8 Å². The van der Waals surface area contributed by atoms with Gasteiger partial charge in [0.05, 0.1) is 0 Å². The Bertz CT molecular complexity index is 565. The first-order chi connectivity index (χ1) is 9.47. The summed E-state index contributed by atoms with van der Waals surface area (Å²) in [5.41, 5.74) is 0. The molecular weight excluding hydrogens is 302 g/mol. The first-order valence-electron chi connectivity index (χ1n) is 6.31. The molecule has 1 aliphatic heterocycles. The Hall–Kier alpha value is -1.10. The molecule has 20 heavy (non-hydrogen) atoms. The van der Waals surface area contributed by atoms with E-state index >= 15 is 0 Å². The Labute approximate surface area is 121 Å². The fourth-order valence-electron chi connectivity index (χ4n) is 1.95. The first kappa shape index (κ1) is 15.3. The Balaban J connectivity index is 1.88. The average molecular weight is 319 g/mol. The van der Waals surface area contributed by atoms with Crippen molar-refractivity contribution in [3.63, 3.8) is 0 Å². The molecule has 1 aromatic rings. The number of nitrogens with zero attached hydrogens (tertiary/aromatic N) is 2. The molecule has 2 heterocycles. The highest BCUT2D eigenvalue weighted by Gasteiger charge is 2.21. The van der Waals surface area contributed by atoms with E-state index in [0.717, 1.165) is 37.1 Å². The van der Waals surface area contributed by atoms with Gasteiger partial charge >= 0.3 is 0 Å². The average Bonchev–Trinajstić information content (AvgIpc) is 2.99. The third-order valence-corrected chi connectivity index (χ3v) is 5.53. The van der Waals surface area contributed by atoms with Crippen LogP contribution in [0.1, 0.15) is 26.2 Å². The molecule has 1 aromatic heterocycles. The minimum atomic E-state index is -3.65. The molecule has 112 valence electrons. The van der Waals surface area contributed by atoms with Crippen LogP contribution in [0.25, 0.3) is 0 Å². The lowest BCUT2D eigenvalue weighted by Crippen LogP contribution is -2.30. The number of rotatable bonds is 6. The predicted molar refractivity (Wildman–Crippen MR) is 75.0 cm³/mol. The zero-order valence-electron chi connectivity index (χ0n) is 11.0. The van der Waals surface area contributed by atoms with E-state index in [9.17, 15) is 13.2 Å². The molecular formula is C10H17N5O3S2. The third-order valence-electron chi connectivity index (χ3n) is 2.87. The minimum Gasteiger partial charge on any atom is -0.314 e. The van der Waals surface area contributed by atoms with Gasteiger partial charge in [0.1, 0.15) is 0 Å². The lowest BCUT2D eigenvalue weighted by atomic mass is 10.2. The summed E-state index contributed by atoms with van der Waals surface area (Å²) in [4.78, 5) is 10.8. The van der Waals surface area contributed by atoms with Crippen LogP contribution in [0.2, 0.25) is 0 Å². The van der Waals surface area contributed by atoms with Gasteiger partial charge in [-0.3, -0.25) is 4.79 Å². The molecule has 0 aliphatic carbocycles.